The number of quaternary nitrogens is 1. The molecule has 0 aromatic rings. The molecule has 0 aliphatic rings. The van der Waals surface area contributed by atoms with Gasteiger partial charge in [0, 0.05) is 12.8 Å². The number of unbranched alkanes of at least 4 members (excludes halogenated alkanes) is 10. The molecule has 0 fully saturated rings. The van der Waals surface area contributed by atoms with E-state index in [1.165, 1.54) is 57.8 Å². The minimum Gasteiger partial charge on any atom is -0.756 e. The Balaban J connectivity index is 4.68. The SMILES string of the molecule is CCCCC/C=C\C/C=C\C/C=C\CC(O)C(O)CCCC(=O)OC[C@H](COP(=O)([O-])OCC[N+](C)(C)C)OC(=O)CCC/C=C\C/C=C\C/C=C\CCCCCCCC. The highest BCUT2D eigenvalue weighted by Gasteiger charge is 2.22. The number of aliphatic hydroxyl groups is 2. The average Bonchev–Trinajstić information content (AvgIpc) is 3.19. The van der Waals surface area contributed by atoms with E-state index in [2.05, 4.69) is 68.5 Å². The number of likely N-dealkylation sites (N-methyl/N-ethyl adjacent to an activating group) is 1. The first-order valence-corrected chi connectivity index (χ1v) is 24.3. The molecule has 11 nitrogen and oxygen atoms in total. The first-order valence-electron chi connectivity index (χ1n) is 22.8. The van der Waals surface area contributed by atoms with Gasteiger partial charge in [-0.2, -0.15) is 0 Å². The van der Waals surface area contributed by atoms with Gasteiger partial charge in [0.25, 0.3) is 7.82 Å². The van der Waals surface area contributed by atoms with E-state index in [1.54, 1.807) is 0 Å². The predicted octanol–water partition coefficient (Wildman–Crippen LogP) is 10.3. The molecule has 0 saturated carbocycles. The minimum absolute atomic E-state index is 0.0509. The van der Waals surface area contributed by atoms with Crippen LogP contribution in [0.3, 0.4) is 0 Å². The lowest BCUT2D eigenvalue weighted by atomic mass is 10.0. The van der Waals surface area contributed by atoms with Gasteiger partial charge in [-0.05, 0) is 83.5 Å². The van der Waals surface area contributed by atoms with Crippen LogP contribution in [0, 0.1) is 0 Å². The third-order valence-electron chi connectivity index (χ3n) is 9.40. The molecule has 4 atom stereocenters. The van der Waals surface area contributed by atoms with Gasteiger partial charge in [0.2, 0.25) is 0 Å². The fourth-order valence-electron chi connectivity index (χ4n) is 5.65. The Bertz CT molecular complexity index is 1290. The molecule has 60 heavy (non-hydrogen) atoms. The third kappa shape index (κ3) is 40.8. The molecular formula is C48H84NO10P. The molecule has 0 bridgehead atoms. The number of hydrogen-bond donors (Lipinski definition) is 2. The summed E-state index contributed by atoms with van der Waals surface area (Å²) in [7, 11) is 0.971. The van der Waals surface area contributed by atoms with Gasteiger partial charge < -0.3 is 38.1 Å². The molecule has 0 rings (SSSR count). The molecule has 3 unspecified atom stereocenters. The molecule has 0 aliphatic carbocycles. The molecule has 0 aliphatic heterocycles. The van der Waals surface area contributed by atoms with Gasteiger partial charge in [0.15, 0.2) is 6.10 Å². The quantitative estimate of drug-likeness (QED) is 0.0200. The van der Waals surface area contributed by atoms with Crippen molar-refractivity contribution in [3.63, 3.8) is 0 Å². The highest BCUT2D eigenvalue weighted by molar-refractivity contribution is 7.45. The van der Waals surface area contributed by atoms with Crippen molar-refractivity contribution in [2.75, 3.05) is 47.5 Å². The van der Waals surface area contributed by atoms with Gasteiger partial charge in [-0.3, -0.25) is 14.2 Å². The first kappa shape index (κ1) is 57.4. The zero-order valence-electron chi connectivity index (χ0n) is 38.1. The third-order valence-corrected chi connectivity index (χ3v) is 10.4. The van der Waals surface area contributed by atoms with Gasteiger partial charge >= 0.3 is 11.9 Å². The standard InChI is InChI=1S/C48H84NO10P/c1-6-8-10-12-14-16-18-20-21-22-23-24-26-28-30-32-34-38-48(53)59-44(43-58-60(54,55)57-41-40-49(3,4)5)42-56-47(52)39-35-37-46(51)45(50)36-33-31-29-27-25-19-17-15-13-11-9-7-2/h15,17,20-21,23-25,27-28,30-31,33,44-46,50-51H,6-14,16,18-19,22,26,29,32,34-43H2,1-5H3/b17-15-,21-20-,24-23-,27-25-,30-28-,33-31-/t44-,45?,46?/m1/s1. The van der Waals surface area contributed by atoms with E-state index in [4.69, 9.17) is 18.5 Å². The Kier molecular flexibility index (Phi) is 37.5. The normalized spacial score (nSPS) is 15.3. The van der Waals surface area contributed by atoms with E-state index in [9.17, 15) is 29.3 Å². The number of phosphoric ester groups is 1. The Morgan fingerprint density at radius 1 is 0.600 bits per heavy atom. The van der Waals surface area contributed by atoms with Gasteiger partial charge in [-0.1, -0.05) is 132 Å². The number of carbonyl (C=O) groups excluding carboxylic acids is 2. The summed E-state index contributed by atoms with van der Waals surface area (Å²) in [6.07, 6.45) is 41.1. The largest absolute Gasteiger partial charge is 0.756 e. The average molecular weight is 866 g/mol. The monoisotopic (exact) mass is 866 g/mol. The Hall–Kier alpha value is -2.63. The van der Waals surface area contributed by atoms with Crippen LogP contribution in [-0.2, 0) is 32.7 Å². The van der Waals surface area contributed by atoms with Gasteiger partial charge in [-0.15, -0.1) is 0 Å². The van der Waals surface area contributed by atoms with Crippen LogP contribution in [0.2, 0.25) is 0 Å². The summed E-state index contributed by atoms with van der Waals surface area (Å²) >= 11 is 0. The van der Waals surface area contributed by atoms with Crippen LogP contribution >= 0.6 is 7.82 Å². The molecule has 0 amide bonds. The highest BCUT2D eigenvalue weighted by Crippen LogP contribution is 2.38. The first-order chi connectivity index (χ1) is 28.8. The van der Waals surface area contributed by atoms with Crippen LogP contribution in [0.5, 0.6) is 0 Å². The molecule has 0 aromatic carbocycles. The van der Waals surface area contributed by atoms with Crippen LogP contribution in [0.15, 0.2) is 72.9 Å². The number of carbonyl (C=O) groups is 2. The molecule has 12 heteroatoms. The maximum atomic E-state index is 12.7. The lowest BCUT2D eigenvalue weighted by molar-refractivity contribution is -0.870. The van der Waals surface area contributed by atoms with Crippen LogP contribution in [-0.4, -0.2) is 92.5 Å². The second-order valence-corrected chi connectivity index (χ2v) is 17.8. The molecular weight excluding hydrogens is 781 g/mol. The van der Waals surface area contributed by atoms with Crippen LogP contribution in [0.25, 0.3) is 0 Å². The van der Waals surface area contributed by atoms with Crippen molar-refractivity contribution in [2.45, 2.75) is 173 Å². The summed E-state index contributed by atoms with van der Waals surface area (Å²) < 4.78 is 33.6. The highest BCUT2D eigenvalue weighted by atomic mass is 31.2. The smallest absolute Gasteiger partial charge is 0.306 e. The van der Waals surface area contributed by atoms with Gasteiger partial charge in [0.1, 0.15) is 19.8 Å². The summed E-state index contributed by atoms with van der Waals surface area (Å²) in [5.74, 6) is -1.19. The van der Waals surface area contributed by atoms with Crippen LogP contribution in [0.4, 0.5) is 0 Å². The second kappa shape index (κ2) is 39.2. The van der Waals surface area contributed by atoms with Crippen molar-refractivity contribution >= 4 is 19.8 Å². The number of allylic oxidation sites excluding steroid dienone is 11. The number of rotatable bonds is 40. The topological polar surface area (TPSA) is 152 Å². The van der Waals surface area contributed by atoms with Gasteiger partial charge in [0.05, 0.1) is 40.0 Å². The van der Waals surface area contributed by atoms with E-state index in [0.717, 1.165) is 38.5 Å². The molecule has 2 N–H and O–H groups in total. The second-order valence-electron chi connectivity index (χ2n) is 16.4. The molecule has 0 aromatic heterocycles. The van der Waals surface area contributed by atoms with Crippen molar-refractivity contribution in [1.82, 2.24) is 0 Å². The van der Waals surface area contributed by atoms with Crippen molar-refractivity contribution < 1.29 is 52.3 Å². The summed E-state index contributed by atoms with van der Waals surface area (Å²) in [6, 6.07) is 0. The number of phosphoric acid groups is 1. The van der Waals surface area contributed by atoms with Gasteiger partial charge in [-0.25, -0.2) is 0 Å². The zero-order chi connectivity index (χ0) is 44.6. The molecule has 0 heterocycles. The predicted molar refractivity (Wildman–Crippen MR) is 243 cm³/mol. The fourth-order valence-corrected chi connectivity index (χ4v) is 6.38. The summed E-state index contributed by atoms with van der Waals surface area (Å²) in [4.78, 5) is 37.6. The van der Waals surface area contributed by atoms with E-state index in [-0.39, 0.29) is 38.7 Å². The molecule has 0 saturated heterocycles. The number of ether oxygens (including phenoxy) is 2. The van der Waals surface area contributed by atoms with E-state index >= 15 is 0 Å². The summed E-state index contributed by atoms with van der Waals surface area (Å²) in [5.41, 5.74) is 0. The number of esters is 2. The van der Waals surface area contributed by atoms with E-state index in [1.807, 2.05) is 39.4 Å². The Morgan fingerprint density at radius 2 is 1.08 bits per heavy atom. The summed E-state index contributed by atoms with van der Waals surface area (Å²) in [5, 5.41) is 20.7. The maximum Gasteiger partial charge on any atom is 0.306 e. The fraction of sp³-hybridized carbons (Fsp3) is 0.708. The Labute approximate surface area is 364 Å². The molecule has 0 spiro atoms. The van der Waals surface area contributed by atoms with Crippen LogP contribution in [0.1, 0.15) is 155 Å². The Morgan fingerprint density at radius 3 is 1.67 bits per heavy atom. The van der Waals surface area contributed by atoms with Crippen molar-refractivity contribution in [3.8, 4) is 0 Å². The lowest BCUT2D eigenvalue weighted by Gasteiger charge is -2.28. The number of aliphatic hydroxyl groups excluding tert-OH is 2. The number of nitrogens with zero attached hydrogens (tertiary/aromatic N) is 1. The maximum absolute atomic E-state index is 12.7. The zero-order valence-corrected chi connectivity index (χ0v) is 39.0. The molecule has 0 radical (unpaired) electrons. The van der Waals surface area contributed by atoms with Crippen molar-refractivity contribution in [2.24, 2.45) is 0 Å². The van der Waals surface area contributed by atoms with Crippen LogP contribution < -0.4 is 4.89 Å². The minimum atomic E-state index is -4.71. The van der Waals surface area contributed by atoms with Crippen molar-refractivity contribution in [3.05, 3.63) is 72.9 Å². The van der Waals surface area contributed by atoms with Crippen molar-refractivity contribution in [1.29, 1.82) is 0 Å². The lowest BCUT2D eigenvalue weighted by Crippen LogP contribution is -2.37. The van der Waals surface area contributed by atoms with E-state index < -0.39 is 51.3 Å². The van der Waals surface area contributed by atoms with E-state index in [0.29, 0.717) is 23.9 Å². The summed E-state index contributed by atoms with van der Waals surface area (Å²) in [6.45, 7) is 3.78. The number of hydrogen-bond acceptors (Lipinski definition) is 10. The molecule has 346 valence electrons.